The molecule has 0 aliphatic carbocycles. The molecule has 0 aromatic carbocycles. The minimum Gasteiger partial charge on any atom is -0.460 e. The van der Waals surface area contributed by atoms with E-state index in [1.807, 2.05) is 19.9 Å². The van der Waals surface area contributed by atoms with Crippen molar-refractivity contribution < 1.29 is 9.53 Å². The van der Waals surface area contributed by atoms with E-state index in [9.17, 15) is 4.79 Å². The molecular weight excluding hydrogens is 164 g/mol. The first-order valence-corrected chi connectivity index (χ1v) is 5.07. The van der Waals surface area contributed by atoms with E-state index in [2.05, 4.69) is 6.92 Å². The van der Waals surface area contributed by atoms with Gasteiger partial charge in [-0.05, 0) is 19.8 Å². The van der Waals surface area contributed by atoms with Crippen LogP contribution in [0.5, 0.6) is 0 Å². The van der Waals surface area contributed by atoms with E-state index < -0.39 is 0 Å². The van der Waals surface area contributed by atoms with Gasteiger partial charge in [0.25, 0.3) is 0 Å². The SMILES string of the molecule is CCCCC=CC(=O)OC(C)CC. The summed E-state index contributed by atoms with van der Waals surface area (Å²) in [5, 5.41) is 0. The van der Waals surface area contributed by atoms with Crippen LogP contribution in [0, 0.1) is 0 Å². The molecule has 0 aliphatic heterocycles. The normalized spacial score (nSPS) is 13.2. The third-order valence-corrected chi connectivity index (χ3v) is 1.87. The monoisotopic (exact) mass is 184 g/mol. The average molecular weight is 184 g/mol. The van der Waals surface area contributed by atoms with Gasteiger partial charge in [-0.15, -0.1) is 0 Å². The smallest absolute Gasteiger partial charge is 0.330 e. The van der Waals surface area contributed by atoms with Gasteiger partial charge in [-0.25, -0.2) is 4.79 Å². The van der Waals surface area contributed by atoms with Gasteiger partial charge in [0.15, 0.2) is 0 Å². The fraction of sp³-hybridized carbons (Fsp3) is 0.727. The average Bonchev–Trinajstić information content (AvgIpc) is 2.12. The molecule has 13 heavy (non-hydrogen) atoms. The number of hydrogen-bond acceptors (Lipinski definition) is 2. The standard InChI is InChI=1S/C11H20O2/c1-4-6-7-8-9-11(12)13-10(3)5-2/h8-10H,4-7H2,1-3H3. The summed E-state index contributed by atoms with van der Waals surface area (Å²) >= 11 is 0. The summed E-state index contributed by atoms with van der Waals surface area (Å²) in [6, 6.07) is 0. The molecule has 2 heteroatoms. The largest absolute Gasteiger partial charge is 0.460 e. The molecular formula is C11H20O2. The van der Waals surface area contributed by atoms with E-state index >= 15 is 0 Å². The van der Waals surface area contributed by atoms with Gasteiger partial charge in [0.2, 0.25) is 0 Å². The van der Waals surface area contributed by atoms with Crippen molar-refractivity contribution in [2.24, 2.45) is 0 Å². The second-order valence-corrected chi connectivity index (χ2v) is 3.20. The Balaban J connectivity index is 3.55. The molecule has 0 rings (SSSR count). The Morgan fingerprint density at radius 3 is 2.69 bits per heavy atom. The number of rotatable bonds is 6. The highest BCUT2D eigenvalue weighted by Gasteiger charge is 2.02. The third-order valence-electron chi connectivity index (χ3n) is 1.87. The Morgan fingerprint density at radius 2 is 2.15 bits per heavy atom. The summed E-state index contributed by atoms with van der Waals surface area (Å²) in [6.07, 6.45) is 7.57. The number of carbonyl (C=O) groups is 1. The van der Waals surface area contributed by atoms with Crippen LogP contribution in [0.25, 0.3) is 0 Å². The summed E-state index contributed by atoms with van der Waals surface area (Å²) in [5.74, 6) is -0.217. The first-order valence-electron chi connectivity index (χ1n) is 5.07. The Kier molecular flexibility index (Phi) is 7.36. The molecule has 0 fully saturated rings. The van der Waals surface area contributed by atoms with Crippen molar-refractivity contribution in [3.8, 4) is 0 Å². The fourth-order valence-corrected chi connectivity index (χ4v) is 0.822. The van der Waals surface area contributed by atoms with Crippen LogP contribution in [-0.2, 0) is 9.53 Å². The van der Waals surface area contributed by atoms with Crippen LogP contribution in [0.1, 0.15) is 46.5 Å². The van der Waals surface area contributed by atoms with Crippen LogP contribution in [0.15, 0.2) is 12.2 Å². The second kappa shape index (κ2) is 7.84. The predicted molar refractivity (Wildman–Crippen MR) is 54.5 cm³/mol. The molecule has 1 atom stereocenters. The van der Waals surface area contributed by atoms with Crippen molar-refractivity contribution in [1.29, 1.82) is 0 Å². The van der Waals surface area contributed by atoms with Crippen molar-refractivity contribution in [2.75, 3.05) is 0 Å². The van der Waals surface area contributed by atoms with E-state index in [1.165, 1.54) is 6.08 Å². The van der Waals surface area contributed by atoms with Gasteiger partial charge in [0.1, 0.15) is 0 Å². The summed E-state index contributed by atoms with van der Waals surface area (Å²) in [5.41, 5.74) is 0. The topological polar surface area (TPSA) is 26.3 Å². The van der Waals surface area contributed by atoms with Crippen molar-refractivity contribution in [1.82, 2.24) is 0 Å². The van der Waals surface area contributed by atoms with Gasteiger partial charge in [-0.2, -0.15) is 0 Å². The number of allylic oxidation sites excluding steroid dienone is 1. The van der Waals surface area contributed by atoms with Crippen molar-refractivity contribution in [3.63, 3.8) is 0 Å². The minimum absolute atomic E-state index is 0.0309. The lowest BCUT2D eigenvalue weighted by Gasteiger charge is -2.07. The molecule has 0 aliphatic rings. The molecule has 1 unspecified atom stereocenters. The number of unbranched alkanes of at least 4 members (excludes halogenated alkanes) is 2. The number of ether oxygens (including phenoxy) is 1. The molecule has 0 saturated heterocycles. The Morgan fingerprint density at radius 1 is 1.46 bits per heavy atom. The van der Waals surface area contributed by atoms with Crippen LogP contribution in [0.4, 0.5) is 0 Å². The summed E-state index contributed by atoms with van der Waals surface area (Å²) in [7, 11) is 0. The van der Waals surface area contributed by atoms with Crippen LogP contribution < -0.4 is 0 Å². The molecule has 0 bridgehead atoms. The fourth-order valence-electron chi connectivity index (χ4n) is 0.822. The van der Waals surface area contributed by atoms with Crippen LogP contribution in [0.2, 0.25) is 0 Å². The molecule has 0 N–H and O–H groups in total. The first kappa shape index (κ1) is 12.2. The Bertz CT molecular complexity index is 161. The molecule has 0 radical (unpaired) electrons. The highest BCUT2D eigenvalue weighted by Crippen LogP contribution is 1.99. The molecule has 0 aromatic rings. The van der Waals surface area contributed by atoms with E-state index in [0.717, 1.165) is 25.7 Å². The number of hydrogen-bond donors (Lipinski definition) is 0. The van der Waals surface area contributed by atoms with Crippen LogP contribution >= 0.6 is 0 Å². The zero-order valence-electron chi connectivity index (χ0n) is 8.88. The highest BCUT2D eigenvalue weighted by atomic mass is 16.5. The van der Waals surface area contributed by atoms with E-state index in [-0.39, 0.29) is 12.1 Å². The molecule has 2 nitrogen and oxygen atoms in total. The quantitative estimate of drug-likeness (QED) is 0.360. The molecule has 76 valence electrons. The summed E-state index contributed by atoms with van der Waals surface area (Å²) in [6.45, 7) is 6.03. The first-order chi connectivity index (χ1) is 6.20. The zero-order chi connectivity index (χ0) is 10.1. The molecule has 0 heterocycles. The number of carbonyl (C=O) groups excluding carboxylic acids is 1. The molecule has 0 saturated carbocycles. The Labute approximate surface area is 81.0 Å². The van der Waals surface area contributed by atoms with Crippen molar-refractivity contribution >= 4 is 5.97 Å². The van der Waals surface area contributed by atoms with Gasteiger partial charge in [-0.3, -0.25) is 0 Å². The van der Waals surface area contributed by atoms with Crippen molar-refractivity contribution in [2.45, 2.75) is 52.6 Å². The maximum absolute atomic E-state index is 11.1. The van der Waals surface area contributed by atoms with E-state index in [1.54, 1.807) is 0 Å². The maximum Gasteiger partial charge on any atom is 0.330 e. The van der Waals surface area contributed by atoms with E-state index in [0.29, 0.717) is 0 Å². The number of esters is 1. The molecule has 0 amide bonds. The lowest BCUT2D eigenvalue weighted by molar-refractivity contribution is -0.142. The maximum atomic E-state index is 11.1. The van der Waals surface area contributed by atoms with Crippen LogP contribution in [-0.4, -0.2) is 12.1 Å². The van der Waals surface area contributed by atoms with Gasteiger partial charge < -0.3 is 4.74 Å². The summed E-state index contributed by atoms with van der Waals surface area (Å²) < 4.78 is 5.05. The summed E-state index contributed by atoms with van der Waals surface area (Å²) in [4.78, 5) is 11.1. The molecule has 0 spiro atoms. The van der Waals surface area contributed by atoms with Crippen molar-refractivity contribution in [3.05, 3.63) is 12.2 Å². The van der Waals surface area contributed by atoms with Gasteiger partial charge in [0, 0.05) is 6.08 Å². The van der Waals surface area contributed by atoms with Gasteiger partial charge in [0.05, 0.1) is 6.10 Å². The molecule has 0 aromatic heterocycles. The minimum atomic E-state index is -0.217. The lowest BCUT2D eigenvalue weighted by Crippen LogP contribution is -2.11. The van der Waals surface area contributed by atoms with Gasteiger partial charge >= 0.3 is 5.97 Å². The predicted octanol–water partition coefficient (Wildman–Crippen LogP) is 3.07. The van der Waals surface area contributed by atoms with Crippen LogP contribution in [0.3, 0.4) is 0 Å². The second-order valence-electron chi connectivity index (χ2n) is 3.20. The van der Waals surface area contributed by atoms with Gasteiger partial charge in [-0.1, -0.05) is 32.8 Å². The highest BCUT2D eigenvalue weighted by molar-refractivity contribution is 5.81. The Hall–Kier alpha value is -0.790. The lowest BCUT2D eigenvalue weighted by atomic mass is 10.2. The zero-order valence-corrected chi connectivity index (χ0v) is 8.88. The van der Waals surface area contributed by atoms with E-state index in [4.69, 9.17) is 4.74 Å². The third kappa shape index (κ3) is 7.57.